The van der Waals surface area contributed by atoms with E-state index in [-0.39, 0.29) is 25.7 Å². The van der Waals surface area contributed by atoms with Crippen molar-refractivity contribution in [3.05, 3.63) is 36.3 Å². The van der Waals surface area contributed by atoms with Crippen LogP contribution in [0.3, 0.4) is 0 Å². The van der Waals surface area contributed by atoms with Gasteiger partial charge in [0.25, 0.3) is 5.88 Å². The van der Waals surface area contributed by atoms with E-state index in [0.717, 1.165) is 19.1 Å². The van der Waals surface area contributed by atoms with Crippen LogP contribution in [0.15, 0.2) is 35.1 Å². The first-order valence-corrected chi connectivity index (χ1v) is 10.1. The molecule has 1 atom stereocenters. The molecule has 0 radical (unpaired) electrons. The Balaban J connectivity index is 1.32. The lowest BCUT2D eigenvalue weighted by Crippen LogP contribution is -2.48. The summed E-state index contributed by atoms with van der Waals surface area (Å²) in [4.78, 5) is 26.0. The SMILES string of the molecule is O=CCNNC1CCN(c2ccc(N3C[C@H](COc4ccon4)OC3=O)cc2F)CC1. The van der Waals surface area contributed by atoms with Crippen LogP contribution in [-0.2, 0) is 9.53 Å². The van der Waals surface area contributed by atoms with Crippen LogP contribution < -0.4 is 25.4 Å². The van der Waals surface area contributed by atoms with Crippen molar-refractivity contribution in [3.8, 4) is 5.88 Å². The van der Waals surface area contributed by atoms with Gasteiger partial charge in [0, 0.05) is 25.2 Å². The van der Waals surface area contributed by atoms with Crippen LogP contribution in [0.5, 0.6) is 5.88 Å². The van der Waals surface area contributed by atoms with Crippen LogP contribution in [0.25, 0.3) is 0 Å². The third kappa shape index (κ3) is 5.12. The van der Waals surface area contributed by atoms with Crippen molar-refractivity contribution in [3.63, 3.8) is 0 Å². The van der Waals surface area contributed by atoms with Crippen LogP contribution in [0.4, 0.5) is 20.6 Å². The van der Waals surface area contributed by atoms with E-state index in [1.165, 1.54) is 17.2 Å². The minimum atomic E-state index is -0.546. The van der Waals surface area contributed by atoms with Gasteiger partial charge in [-0.15, -0.1) is 0 Å². The number of hydrogen-bond acceptors (Lipinski definition) is 9. The van der Waals surface area contributed by atoms with E-state index < -0.39 is 18.0 Å². The smallest absolute Gasteiger partial charge is 0.414 e. The van der Waals surface area contributed by atoms with Crippen molar-refractivity contribution in [1.82, 2.24) is 16.0 Å². The summed E-state index contributed by atoms with van der Waals surface area (Å²) in [7, 11) is 0. The second kappa shape index (κ2) is 9.75. The molecule has 1 amide bonds. The van der Waals surface area contributed by atoms with Gasteiger partial charge in [0.1, 0.15) is 25.0 Å². The summed E-state index contributed by atoms with van der Waals surface area (Å²) in [6.45, 7) is 2.00. The molecule has 10 nitrogen and oxygen atoms in total. The van der Waals surface area contributed by atoms with E-state index in [4.69, 9.17) is 9.47 Å². The number of benzene rings is 1. The standard InChI is InChI=1S/C20H24FN5O5/c21-17-11-15(26-12-16(31-20(26)28)13-29-19-5-10-30-24-19)1-2-18(17)25-7-3-14(4-8-25)23-22-6-9-27/h1-2,5,9-11,14,16,22-23H,3-4,6-8,12-13H2/t16-/m1/s1. The maximum Gasteiger partial charge on any atom is 0.414 e. The van der Waals surface area contributed by atoms with Crippen LogP contribution >= 0.6 is 0 Å². The quantitative estimate of drug-likeness (QED) is 0.345. The minimum absolute atomic E-state index is 0.125. The topological polar surface area (TPSA) is 109 Å². The van der Waals surface area contributed by atoms with Gasteiger partial charge >= 0.3 is 6.09 Å². The van der Waals surface area contributed by atoms with Gasteiger partial charge in [-0.2, -0.15) is 0 Å². The maximum atomic E-state index is 14.9. The second-order valence-corrected chi connectivity index (χ2v) is 7.35. The lowest BCUT2D eigenvalue weighted by molar-refractivity contribution is -0.107. The molecule has 2 aliphatic rings. The van der Waals surface area contributed by atoms with Crippen molar-refractivity contribution in [2.24, 2.45) is 0 Å². The molecule has 31 heavy (non-hydrogen) atoms. The van der Waals surface area contributed by atoms with Gasteiger partial charge in [-0.05, 0) is 36.2 Å². The van der Waals surface area contributed by atoms with Gasteiger partial charge in [-0.3, -0.25) is 15.8 Å². The van der Waals surface area contributed by atoms with E-state index in [0.29, 0.717) is 30.3 Å². The molecule has 0 spiro atoms. The monoisotopic (exact) mass is 433 g/mol. The first-order chi connectivity index (χ1) is 15.1. The Kier molecular flexibility index (Phi) is 6.63. The first kappa shape index (κ1) is 21.1. The Morgan fingerprint density at radius 2 is 2.13 bits per heavy atom. The van der Waals surface area contributed by atoms with E-state index in [9.17, 15) is 14.0 Å². The van der Waals surface area contributed by atoms with Gasteiger partial charge in [0.05, 0.1) is 24.5 Å². The average molecular weight is 433 g/mol. The summed E-state index contributed by atoms with van der Waals surface area (Å²) in [6, 6.07) is 6.55. The molecule has 0 aliphatic carbocycles. The zero-order valence-corrected chi connectivity index (χ0v) is 16.8. The lowest BCUT2D eigenvalue weighted by Gasteiger charge is -2.34. The largest absolute Gasteiger partial charge is 0.471 e. The Morgan fingerprint density at radius 3 is 2.84 bits per heavy atom. The van der Waals surface area contributed by atoms with Crippen LogP contribution in [0.1, 0.15) is 12.8 Å². The highest BCUT2D eigenvalue weighted by Gasteiger charge is 2.33. The number of aromatic nitrogens is 1. The van der Waals surface area contributed by atoms with Crippen LogP contribution in [-0.4, -0.2) is 62.5 Å². The molecule has 0 unspecified atom stereocenters. The van der Waals surface area contributed by atoms with Crippen LogP contribution in [0, 0.1) is 5.82 Å². The molecule has 2 aromatic rings. The van der Waals surface area contributed by atoms with Gasteiger partial charge in [0.2, 0.25) is 0 Å². The van der Waals surface area contributed by atoms with E-state index >= 15 is 0 Å². The summed E-state index contributed by atoms with van der Waals surface area (Å²) in [6.07, 6.45) is 2.77. The Hall–Kier alpha value is -3.18. The Morgan fingerprint density at radius 1 is 1.29 bits per heavy atom. The summed E-state index contributed by atoms with van der Waals surface area (Å²) >= 11 is 0. The highest BCUT2D eigenvalue weighted by Crippen LogP contribution is 2.29. The number of anilines is 2. The average Bonchev–Trinajstić information content (AvgIpc) is 3.42. The number of nitrogens with zero attached hydrogens (tertiary/aromatic N) is 3. The van der Waals surface area contributed by atoms with E-state index in [2.05, 4.69) is 20.5 Å². The Labute approximate surface area is 178 Å². The molecule has 4 rings (SSSR count). The summed E-state index contributed by atoms with van der Waals surface area (Å²) in [5, 5.41) is 3.64. The number of ether oxygens (including phenoxy) is 2. The molecule has 2 N–H and O–H groups in total. The molecular formula is C20H24FN5O5. The molecule has 1 aromatic heterocycles. The van der Waals surface area contributed by atoms with Crippen molar-refractivity contribution < 1.29 is 28.0 Å². The fourth-order valence-electron chi connectivity index (χ4n) is 3.70. The number of aldehydes is 1. The van der Waals surface area contributed by atoms with Crippen molar-refractivity contribution in [1.29, 1.82) is 0 Å². The Bertz CT molecular complexity index is 888. The molecule has 0 bridgehead atoms. The first-order valence-electron chi connectivity index (χ1n) is 10.1. The maximum absolute atomic E-state index is 14.9. The van der Waals surface area contributed by atoms with Crippen molar-refractivity contribution in [2.75, 3.05) is 42.6 Å². The fourth-order valence-corrected chi connectivity index (χ4v) is 3.70. The van der Waals surface area contributed by atoms with Gasteiger partial charge in [-0.1, -0.05) is 0 Å². The zero-order chi connectivity index (χ0) is 21.6. The van der Waals surface area contributed by atoms with Gasteiger partial charge in [-0.25, -0.2) is 9.18 Å². The number of hydrogen-bond donors (Lipinski definition) is 2. The number of carbonyl (C=O) groups excluding carboxylic acids is 2. The molecule has 166 valence electrons. The molecule has 2 saturated heterocycles. The second-order valence-electron chi connectivity index (χ2n) is 7.35. The molecule has 11 heteroatoms. The number of halogens is 1. The number of nitrogens with one attached hydrogen (secondary N) is 2. The third-order valence-corrected chi connectivity index (χ3v) is 5.28. The molecule has 0 saturated carbocycles. The number of amides is 1. The molecule has 1 aromatic carbocycles. The molecule has 3 heterocycles. The minimum Gasteiger partial charge on any atom is -0.471 e. The normalized spacial score (nSPS) is 19.5. The summed E-state index contributed by atoms with van der Waals surface area (Å²) in [5.74, 6) is -0.0820. The van der Waals surface area contributed by atoms with Gasteiger partial charge in [0.15, 0.2) is 6.10 Å². The number of carbonyl (C=O) groups is 2. The van der Waals surface area contributed by atoms with Gasteiger partial charge < -0.3 is 23.7 Å². The predicted octanol–water partition coefficient (Wildman–Crippen LogP) is 1.48. The highest BCUT2D eigenvalue weighted by molar-refractivity contribution is 5.90. The number of cyclic esters (lactones) is 1. The van der Waals surface area contributed by atoms with E-state index in [1.807, 2.05) is 4.90 Å². The molecular weight excluding hydrogens is 409 g/mol. The van der Waals surface area contributed by atoms with Crippen LogP contribution in [0.2, 0.25) is 0 Å². The number of rotatable bonds is 9. The van der Waals surface area contributed by atoms with E-state index in [1.54, 1.807) is 18.2 Å². The van der Waals surface area contributed by atoms with Crippen molar-refractivity contribution >= 4 is 23.8 Å². The van der Waals surface area contributed by atoms with Crippen molar-refractivity contribution in [2.45, 2.75) is 25.0 Å². The highest BCUT2D eigenvalue weighted by atomic mass is 19.1. The predicted molar refractivity (Wildman–Crippen MR) is 108 cm³/mol. The molecule has 2 fully saturated rings. The summed E-state index contributed by atoms with van der Waals surface area (Å²) < 4.78 is 30.3. The summed E-state index contributed by atoms with van der Waals surface area (Å²) in [5.41, 5.74) is 6.90. The fraction of sp³-hybridized carbons (Fsp3) is 0.450. The number of piperidine rings is 1. The third-order valence-electron chi connectivity index (χ3n) is 5.28. The molecule has 2 aliphatic heterocycles. The lowest BCUT2D eigenvalue weighted by atomic mass is 10.0. The number of hydrazine groups is 1. The zero-order valence-electron chi connectivity index (χ0n) is 16.8.